The number of rotatable bonds is 9. The van der Waals surface area contributed by atoms with E-state index < -0.39 is 46.9 Å². The molecule has 7 atom stereocenters. The zero-order valence-electron chi connectivity index (χ0n) is 21.7. The van der Waals surface area contributed by atoms with Crippen LogP contribution >= 0.6 is 0 Å². The fourth-order valence-electron chi connectivity index (χ4n) is 7.67. The highest BCUT2D eigenvalue weighted by Crippen LogP contribution is 2.67. The average Bonchev–Trinajstić information content (AvgIpc) is 3.12. The molecule has 4 N–H and O–H groups in total. The predicted octanol–water partition coefficient (Wildman–Crippen LogP) is 1.78. The summed E-state index contributed by atoms with van der Waals surface area (Å²) < 4.78 is 10.1. The Morgan fingerprint density at radius 1 is 1.14 bits per heavy atom. The van der Waals surface area contributed by atoms with E-state index in [0.29, 0.717) is 19.4 Å². The monoisotopic (exact) mass is 517 g/mol. The number of aliphatic hydroxyl groups is 2. The van der Waals surface area contributed by atoms with Crippen LogP contribution in [-0.4, -0.2) is 65.2 Å². The third kappa shape index (κ3) is 4.81. The fourth-order valence-corrected chi connectivity index (χ4v) is 7.67. The lowest BCUT2D eigenvalue weighted by atomic mass is 9.46. The third-order valence-corrected chi connectivity index (χ3v) is 9.62. The number of nitrogens with two attached hydrogens (primary N) is 1. The molecule has 0 aromatic rings. The SMILES string of the molecule is C[C@]12C=CC(=O)C=C1CCC1C2[C@@H](O)C[C@@]2(C)C1CC[C@]2(O)C(=O)COC(=O)CCC(=O)OCCCN. The minimum atomic E-state index is -1.72. The zero-order chi connectivity index (χ0) is 27.0. The van der Waals surface area contributed by atoms with E-state index >= 15 is 0 Å². The summed E-state index contributed by atoms with van der Waals surface area (Å²) in [7, 11) is 0. The Hall–Kier alpha value is -2.36. The molecule has 0 heterocycles. The van der Waals surface area contributed by atoms with Gasteiger partial charge in [0.25, 0.3) is 0 Å². The van der Waals surface area contributed by atoms with Crippen molar-refractivity contribution >= 4 is 23.5 Å². The molecule has 0 aromatic heterocycles. The number of ketones is 2. The van der Waals surface area contributed by atoms with Crippen LogP contribution in [0.2, 0.25) is 0 Å². The molecule has 0 spiro atoms. The summed E-state index contributed by atoms with van der Waals surface area (Å²) in [6.45, 7) is 3.95. The predicted molar refractivity (Wildman–Crippen MR) is 133 cm³/mol. The van der Waals surface area contributed by atoms with Crippen LogP contribution in [0.5, 0.6) is 0 Å². The second kappa shape index (κ2) is 10.4. The molecule has 4 aliphatic rings. The largest absolute Gasteiger partial charge is 0.466 e. The number of carbonyl (C=O) groups excluding carboxylic acids is 4. The van der Waals surface area contributed by atoms with E-state index in [1.165, 1.54) is 0 Å². The number of hydrogen-bond donors (Lipinski definition) is 3. The Morgan fingerprint density at radius 2 is 1.84 bits per heavy atom. The Kier molecular flexibility index (Phi) is 7.79. The topological polar surface area (TPSA) is 153 Å². The lowest BCUT2D eigenvalue weighted by Gasteiger charge is -2.59. The number of esters is 2. The van der Waals surface area contributed by atoms with Crippen molar-refractivity contribution in [2.45, 2.75) is 76.9 Å². The molecular formula is C28H39NO8. The highest BCUT2D eigenvalue weighted by molar-refractivity contribution is 6.01. The van der Waals surface area contributed by atoms with Crippen LogP contribution < -0.4 is 5.73 Å². The molecule has 4 rings (SSSR count). The van der Waals surface area contributed by atoms with E-state index in [4.69, 9.17) is 15.2 Å². The van der Waals surface area contributed by atoms with Gasteiger partial charge in [-0.05, 0) is 69.1 Å². The van der Waals surface area contributed by atoms with Gasteiger partial charge in [-0.3, -0.25) is 19.2 Å². The number of allylic oxidation sites excluding steroid dienone is 4. The standard InChI is InChI=1S/C28H39NO8/c1-26-10-8-18(30)14-17(26)4-5-19-20-9-11-28(35,27(20,2)15-21(31)25(19)26)22(32)16-37-24(34)7-6-23(33)36-13-3-12-29/h8,10,14,19-21,25,31,35H,3-7,9,11-13,15-16,29H2,1-2H3/t19?,20?,21-,25?,26-,27-,28-/m0/s1. The lowest BCUT2D eigenvalue weighted by molar-refractivity contribution is -0.181. The van der Waals surface area contributed by atoms with Crippen LogP contribution in [0.15, 0.2) is 23.8 Å². The Bertz CT molecular complexity index is 1020. The summed E-state index contributed by atoms with van der Waals surface area (Å²) in [5, 5.41) is 23.1. The van der Waals surface area contributed by atoms with E-state index in [1.807, 2.05) is 13.0 Å². The highest BCUT2D eigenvalue weighted by atomic mass is 16.5. The van der Waals surface area contributed by atoms with Crippen molar-refractivity contribution in [3.05, 3.63) is 23.8 Å². The number of Topliss-reactive ketones (excluding diaryl/α,β-unsaturated/α-hetero) is 1. The summed E-state index contributed by atoms with van der Waals surface area (Å²) in [5.41, 5.74) is 3.38. The Morgan fingerprint density at radius 3 is 2.54 bits per heavy atom. The lowest BCUT2D eigenvalue weighted by Crippen LogP contribution is -2.61. The van der Waals surface area contributed by atoms with Crippen molar-refractivity contribution in [1.29, 1.82) is 0 Å². The van der Waals surface area contributed by atoms with Crippen molar-refractivity contribution in [3.8, 4) is 0 Å². The molecule has 0 aromatic carbocycles. The first-order valence-corrected chi connectivity index (χ1v) is 13.4. The average molecular weight is 518 g/mol. The molecule has 0 amide bonds. The first-order valence-electron chi connectivity index (χ1n) is 13.4. The number of aliphatic hydroxyl groups excluding tert-OH is 1. The first-order chi connectivity index (χ1) is 17.5. The van der Waals surface area contributed by atoms with Crippen molar-refractivity contribution in [2.24, 2.45) is 34.3 Å². The molecular weight excluding hydrogens is 478 g/mol. The van der Waals surface area contributed by atoms with E-state index in [0.717, 1.165) is 18.4 Å². The molecule has 0 aliphatic heterocycles. The summed E-state index contributed by atoms with van der Waals surface area (Å²) in [4.78, 5) is 49.0. The van der Waals surface area contributed by atoms with Gasteiger partial charge in [-0.25, -0.2) is 0 Å². The summed E-state index contributed by atoms with van der Waals surface area (Å²) >= 11 is 0. The summed E-state index contributed by atoms with van der Waals surface area (Å²) in [6, 6.07) is 0. The molecule has 3 unspecified atom stereocenters. The van der Waals surface area contributed by atoms with Crippen molar-refractivity contribution in [3.63, 3.8) is 0 Å². The minimum Gasteiger partial charge on any atom is -0.466 e. The van der Waals surface area contributed by atoms with Gasteiger partial charge in [0.05, 0.1) is 25.6 Å². The van der Waals surface area contributed by atoms with E-state index in [-0.39, 0.29) is 55.8 Å². The number of carbonyl (C=O) groups is 4. The maximum Gasteiger partial charge on any atom is 0.306 e. The van der Waals surface area contributed by atoms with Crippen LogP contribution in [-0.2, 0) is 28.7 Å². The molecule has 4 aliphatic carbocycles. The molecule has 9 nitrogen and oxygen atoms in total. The number of hydrogen-bond acceptors (Lipinski definition) is 9. The molecule has 0 saturated heterocycles. The van der Waals surface area contributed by atoms with Gasteiger partial charge in [0, 0.05) is 16.7 Å². The van der Waals surface area contributed by atoms with Crippen LogP contribution in [0.3, 0.4) is 0 Å². The first kappa shape index (κ1) is 27.7. The second-order valence-electron chi connectivity index (χ2n) is 11.6. The van der Waals surface area contributed by atoms with Crippen LogP contribution in [0.25, 0.3) is 0 Å². The van der Waals surface area contributed by atoms with Gasteiger partial charge in [-0.1, -0.05) is 25.5 Å². The van der Waals surface area contributed by atoms with Gasteiger partial charge in [-0.15, -0.1) is 0 Å². The van der Waals surface area contributed by atoms with Gasteiger partial charge in [-0.2, -0.15) is 0 Å². The molecule has 204 valence electrons. The van der Waals surface area contributed by atoms with Crippen molar-refractivity contribution in [2.75, 3.05) is 19.8 Å². The summed E-state index contributed by atoms with van der Waals surface area (Å²) in [5.74, 6) is -1.86. The maximum absolute atomic E-state index is 13.3. The van der Waals surface area contributed by atoms with Crippen LogP contribution in [0, 0.1) is 28.6 Å². The van der Waals surface area contributed by atoms with Crippen molar-refractivity contribution in [1.82, 2.24) is 0 Å². The van der Waals surface area contributed by atoms with E-state index in [9.17, 15) is 29.4 Å². The normalized spacial score (nSPS) is 38.2. The van der Waals surface area contributed by atoms with Gasteiger partial charge in [0.15, 0.2) is 12.4 Å². The maximum atomic E-state index is 13.3. The van der Waals surface area contributed by atoms with Crippen LogP contribution in [0.1, 0.15) is 65.2 Å². The minimum absolute atomic E-state index is 0.0123. The number of ether oxygens (including phenoxy) is 2. The molecule has 3 saturated carbocycles. The molecule has 0 radical (unpaired) electrons. The molecule has 37 heavy (non-hydrogen) atoms. The third-order valence-electron chi connectivity index (χ3n) is 9.62. The van der Waals surface area contributed by atoms with E-state index in [1.54, 1.807) is 12.2 Å². The second-order valence-corrected chi connectivity index (χ2v) is 11.6. The summed E-state index contributed by atoms with van der Waals surface area (Å²) in [6.07, 6.45) is 7.23. The highest BCUT2D eigenvalue weighted by Gasteiger charge is 2.68. The smallest absolute Gasteiger partial charge is 0.306 e. The molecule has 9 heteroatoms. The number of fused-ring (bicyclic) bond motifs is 5. The van der Waals surface area contributed by atoms with E-state index in [2.05, 4.69) is 6.92 Å². The fraction of sp³-hybridized carbons (Fsp3) is 0.714. The van der Waals surface area contributed by atoms with Gasteiger partial charge in [0.2, 0.25) is 5.78 Å². The van der Waals surface area contributed by atoms with Crippen LogP contribution in [0.4, 0.5) is 0 Å². The molecule has 3 fully saturated rings. The Balaban J connectivity index is 1.40. The van der Waals surface area contributed by atoms with Gasteiger partial charge in [0.1, 0.15) is 5.60 Å². The van der Waals surface area contributed by atoms with Gasteiger partial charge >= 0.3 is 11.9 Å². The van der Waals surface area contributed by atoms with Crippen molar-refractivity contribution < 1.29 is 38.9 Å². The Labute approximate surface area is 217 Å². The van der Waals surface area contributed by atoms with Gasteiger partial charge < -0.3 is 25.4 Å². The molecule has 0 bridgehead atoms. The quantitative estimate of drug-likeness (QED) is 0.307. The zero-order valence-corrected chi connectivity index (χ0v) is 21.7.